The van der Waals surface area contributed by atoms with E-state index in [1.54, 1.807) is 6.07 Å². The molecule has 1 aromatic heterocycles. The van der Waals surface area contributed by atoms with Crippen LogP contribution >= 0.6 is 0 Å². The predicted octanol–water partition coefficient (Wildman–Crippen LogP) is 2.04. The van der Waals surface area contributed by atoms with Crippen LogP contribution < -0.4 is 10.6 Å². The van der Waals surface area contributed by atoms with Gasteiger partial charge < -0.3 is 15.2 Å². The molecular weight excluding hydrogens is 226 g/mol. The molecule has 1 aliphatic heterocycles. The van der Waals surface area contributed by atoms with E-state index in [1.807, 2.05) is 47.8 Å². The lowest BCUT2D eigenvalue weighted by Gasteiger charge is -2.26. The van der Waals surface area contributed by atoms with Gasteiger partial charge in [0, 0.05) is 24.3 Å². The Kier molecular flexibility index (Phi) is 2.41. The van der Waals surface area contributed by atoms with Gasteiger partial charge in [-0.2, -0.15) is 0 Å². The van der Waals surface area contributed by atoms with Gasteiger partial charge in [0.25, 0.3) is 5.91 Å². The molecule has 0 saturated carbocycles. The quantitative estimate of drug-likeness (QED) is 0.871. The lowest BCUT2D eigenvalue weighted by atomic mass is 10.1. The number of carbonyl (C=O) groups excluding carboxylic acids is 1. The summed E-state index contributed by atoms with van der Waals surface area (Å²) < 4.78 is 2.06. The van der Waals surface area contributed by atoms with Crippen molar-refractivity contribution in [2.24, 2.45) is 5.73 Å². The molecule has 2 heterocycles. The van der Waals surface area contributed by atoms with Crippen LogP contribution in [0.1, 0.15) is 16.1 Å². The fourth-order valence-electron chi connectivity index (χ4n) is 2.19. The minimum absolute atomic E-state index is 0.403. The van der Waals surface area contributed by atoms with E-state index >= 15 is 0 Å². The van der Waals surface area contributed by atoms with Crippen molar-refractivity contribution < 1.29 is 4.79 Å². The molecule has 1 aliphatic rings. The highest BCUT2D eigenvalue weighted by Crippen LogP contribution is 2.25. The summed E-state index contributed by atoms with van der Waals surface area (Å²) in [4.78, 5) is 13.4. The van der Waals surface area contributed by atoms with Gasteiger partial charge in [-0.15, -0.1) is 0 Å². The van der Waals surface area contributed by atoms with Crippen LogP contribution in [0.25, 0.3) is 6.20 Å². The van der Waals surface area contributed by atoms with E-state index in [0.717, 1.165) is 12.2 Å². The summed E-state index contributed by atoms with van der Waals surface area (Å²) in [6, 6.07) is 11.4. The highest BCUT2D eigenvalue weighted by molar-refractivity contribution is 5.98. The smallest absolute Gasteiger partial charge is 0.250 e. The van der Waals surface area contributed by atoms with Gasteiger partial charge >= 0.3 is 0 Å². The number of aromatic nitrogens is 1. The molecule has 0 saturated heterocycles. The maximum absolute atomic E-state index is 11.4. The van der Waals surface area contributed by atoms with Gasteiger partial charge in [0.2, 0.25) is 0 Å². The number of rotatable bonds is 2. The summed E-state index contributed by atoms with van der Waals surface area (Å²) in [7, 11) is 0. The van der Waals surface area contributed by atoms with Gasteiger partial charge in [0.15, 0.2) is 0 Å². The Morgan fingerprint density at radius 3 is 2.78 bits per heavy atom. The first-order valence-corrected chi connectivity index (χ1v) is 5.75. The lowest BCUT2D eigenvalue weighted by molar-refractivity contribution is 0.100. The molecule has 1 amide bonds. The average Bonchev–Trinajstić information content (AvgIpc) is 2.85. The molecule has 2 N–H and O–H groups in total. The molecule has 0 bridgehead atoms. The normalized spacial score (nSPS) is 13.4. The first-order valence-electron chi connectivity index (χ1n) is 5.75. The van der Waals surface area contributed by atoms with Crippen molar-refractivity contribution in [1.82, 2.24) is 4.57 Å². The Hall–Kier alpha value is -2.49. The van der Waals surface area contributed by atoms with Crippen LogP contribution in [0.3, 0.4) is 0 Å². The number of hydrogen-bond donors (Lipinski definition) is 1. The molecule has 0 fully saturated rings. The van der Waals surface area contributed by atoms with E-state index < -0.39 is 5.91 Å². The Balaban J connectivity index is 2.00. The Morgan fingerprint density at radius 1 is 1.11 bits per heavy atom. The van der Waals surface area contributed by atoms with E-state index in [4.69, 9.17) is 5.73 Å². The molecule has 3 rings (SSSR count). The number of primary amides is 1. The van der Waals surface area contributed by atoms with E-state index in [2.05, 4.69) is 10.6 Å². The Labute approximate surface area is 105 Å². The molecule has 4 heteroatoms. The third-order valence-corrected chi connectivity index (χ3v) is 3.09. The van der Waals surface area contributed by atoms with E-state index in [9.17, 15) is 4.79 Å². The zero-order valence-corrected chi connectivity index (χ0v) is 9.78. The van der Waals surface area contributed by atoms with Crippen molar-refractivity contribution in [1.29, 1.82) is 0 Å². The number of amides is 1. The largest absolute Gasteiger partial charge is 0.366 e. The summed E-state index contributed by atoms with van der Waals surface area (Å²) >= 11 is 0. The fraction of sp³-hybridized carbons (Fsp3) is 0.0714. The number of nitrogens with two attached hydrogens (primary N) is 1. The first-order chi connectivity index (χ1) is 8.75. The van der Waals surface area contributed by atoms with Gasteiger partial charge in [-0.1, -0.05) is 12.1 Å². The number of fused-ring (bicyclic) bond motifs is 1. The van der Waals surface area contributed by atoms with Crippen LogP contribution in [-0.4, -0.2) is 10.5 Å². The molecule has 0 aliphatic carbocycles. The average molecular weight is 239 g/mol. The van der Waals surface area contributed by atoms with Gasteiger partial charge in [-0.05, 0) is 24.3 Å². The molecular formula is C14H13N3O. The first kappa shape index (κ1) is 10.7. The van der Waals surface area contributed by atoms with Crippen molar-refractivity contribution in [2.45, 2.75) is 6.54 Å². The van der Waals surface area contributed by atoms with Gasteiger partial charge in [-0.25, -0.2) is 0 Å². The summed E-state index contributed by atoms with van der Waals surface area (Å²) in [5, 5.41) is 0. The van der Waals surface area contributed by atoms with Crippen LogP contribution in [0.2, 0.25) is 0 Å². The summed E-state index contributed by atoms with van der Waals surface area (Å²) in [6.45, 7) is 0.730. The number of benzene rings is 1. The Bertz CT molecular complexity index is 627. The second-order valence-corrected chi connectivity index (χ2v) is 4.21. The van der Waals surface area contributed by atoms with E-state index in [0.29, 0.717) is 5.56 Å². The molecule has 0 spiro atoms. The molecule has 0 atom stereocenters. The standard InChI is InChI=1S/C14H13N3O/c15-14(18)12-5-1-2-6-13(12)17-9-8-16-7-3-4-11(16)10-17/h1-9H,10H2,(H2,15,18). The molecule has 18 heavy (non-hydrogen) atoms. The number of nitrogens with zero attached hydrogens (tertiary/aromatic N) is 2. The third kappa shape index (κ3) is 1.68. The zero-order valence-electron chi connectivity index (χ0n) is 9.78. The van der Waals surface area contributed by atoms with E-state index in [-0.39, 0.29) is 0 Å². The van der Waals surface area contributed by atoms with Crippen molar-refractivity contribution in [3.05, 3.63) is 60.1 Å². The lowest BCUT2D eigenvalue weighted by Crippen LogP contribution is -2.24. The van der Waals surface area contributed by atoms with Crippen molar-refractivity contribution in [3.8, 4) is 0 Å². The van der Waals surface area contributed by atoms with E-state index in [1.165, 1.54) is 5.69 Å². The van der Waals surface area contributed by atoms with Gasteiger partial charge in [0.1, 0.15) is 0 Å². The number of hydrogen-bond acceptors (Lipinski definition) is 2. The summed E-state index contributed by atoms with van der Waals surface area (Å²) in [6.07, 6.45) is 5.93. The van der Waals surface area contributed by atoms with Crippen molar-refractivity contribution in [3.63, 3.8) is 0 Å². The monoisotopic (exact) mass is 239 g/mol. The van der Waals surface area contributed by atoms with Crippen LogP contribution in [0.5, 0.6) is 0 Å². The van der Waals surface area contributed by atoms with Gasteiger partial charge in [0.05, 0.1) is 17.8 Å². The Morgan fingerprint density at radius 2 is 1.94 bits per heavy atom. The van der Waals surface area contributed by atoms with Crippen molar-refractivity contribution >= 4 is 17.8 Å². The number of para-hydroxylation sites is 1. The second-order valence-electron chi connectivity index (χ2n) is 4.21. The molecule has 2 aromatic rings. The topological polar surface area (TPSA) is 51.3 Å². The number of carbonyl (C=O) groups is 1. The maximum Gasteiger partial charge on any atom is 0.250 e. The van der Waals surface area contributed by atoms with Crippen molar-refractivity contribution in [2.75, 3.05) is 4.90 Å². The number of anilines is 1. The molecule has 0 unspecified atom stereocenters. The van der Waals surface area contributed by atoms with Crippen LogP contribution in [-0.2, 0) is 6.54 Å². The predicted molar refractivity (Wildman–Crippen MR) is 70.9 cm³/mol. The zero-order chi connectivity index (χ0) is 12.5. The van der Waals surface area contributed by atoms with Crippen LogP contribution in [0.4, 0.5) is 5.69 Å². The summed E-state index contributed by atoms with van der Waals surface area (Å²) in [5.74, 6) is -0.403. The molecule has 90 valence electrons. The van der Waals surface area contributed by atoms with Crippen LogP contribution in [0.15, 0.2) is 48.8 Å². The summed E-state index contributed by atoms with van der Waals surface area (Å²) in [5.41, 5.74) is 7.96. The SMILES string of the molecule is NC(=O)c1ccccc1N1C=Cn2cccc2C1. The second kappa shape index (κ2) is 4.07. The highest BCUT2D eigenvalue weighted by atomic mass is 16.1. The van der Waals surface area contributed by atoms with Gasteiger partial charge in [-0.3, -0.25) is 4.79 Å². The highest BCUT2D eigenvalue weighted by Gasteiger charge is 2.16. The molecule has 0 radical (unpaired) electrons. The third-order valence-electron chi connectivity index (χ3n) is 3.09. The maximum atomic E-state index is 11.4. The molecule has 4 nitrogen and oxygen atoms in total. The molecule has 1 aromatic carbocycles. The minimum atomic E-state index is -0.403. The minimum Gasteiger partial charge on any atom is -0.366 e. The fourth-order valence-corrected chi connectivity index (χ4v) is 2.19. The van der Waals surface area contributed by atoms with Crippen LogP contribution in [0, 0.1) is 0 Å².